The average Bonchev–Trinajstić information content (AvgIpc) is 3.59. The van der Waals surface area contributed by atoms with Gasteiger partial charge >= 0.3 is 0 Å². The molecule has 0 fully saturated rings. The Morgan fingerprint density at radius 3 is 1.38 bits per heavy atom. The van der Waals surface area contributed by atoms with Gasteiger partial charge in [0.05, 0.1) is 17.1 Å². The summed E-state index contributed by atoms with van der Waals surface area (Å²) in [5, 5.41) is 0. The van der Waals surface area contributed by atoms with E-state index in [1.165, 1.54) is 0 Å². The predicted octanol–water partition coefficient (Wildman–Crippen LogP) is 12.1. The Morgan fingerprint density at radius 1 is 0.383 bits per heavy atom. The van der Waals surface area contributed by atoms with Crippen LogP contribution in [0.1, 0.15) is 0 Å². The molecule has 4 heteroatoms. The molecule has 0 atom stereocenters. The number of rotatable bonds is 8. The number of aromatic nitrogens is 1. The highest BCUT2D eigenvalue weighted by Gasteiger charge is 2.24. The van der Waals surface area contributed by atoms with Gasteiger partial charge in [0.25, 0.3) is 0 Å². The van der Waals surface area contributed by atoms with Crippen molar-refractivity contribution < 1.29 is 4.42 Å². The number of nitrogens with zero attached hydrogens (tertiary/aromatic N) is 3. The molecule has 1 aromatic heterocycles. The molecule has 0 amide bonds. The molecule has 0 unspecified atom stereocenters. The average molecular weight is 606 g/mol. The molecule has 224 valence electrons. The molecule has 47 heavy (non-hydrogen) atoms. The third-order valence-electron chi connectivity index (χ3n) is 8.25. The second kappa shape index (κ2) is 12.5. The van der Waals surface area contributed by atoms with Crippen molar-refractivity contribution in [2.45, 2.75) is 0 Å². The van der Waals surface area contributed by atoms with Crippen LogP contribution in [0.25, 0.3) is 33.7 Å². The SMILES string of the molecule is c1ccc(-c2nc3c(N(c4ccccc4)c4ccccc4)cc(N(c4ccccc4)c4ccccc4-c4ccccc4)cc3o2)cc1. The van der Waals surface area contributed by atoms with Crippen molar-refractivity contribution in [2.24, 2.45) is 0 Å². The van der Waals surface area contributed by atoms with Gasteiger partial charge in [-0.1, -0.05) is 121 Å². The van der Waals surface area contributed by atoms with E-state index in [-0.39, 0.29) is 0 Å². The van der Waals surface area contributed by atoms with Crippen LogP contribution >= 0.6 is 0 Å². The van der Waals surface area contributed by atoms with E-state index < -0.39 is 0 Å². The molecule has 0 saturated carbocycles. The van der Waals surface area contributed by atoms with E-state index in [1.54, 1.807) is 0 Å². The summed E-state index contributed by atoms with van der Waals surface area (Å²) in [4.78, 5) is 9.71. The summed E-state index contributed by atoms with van der Waals surface area (Å²) >= 11 is 0. The monoisotopic (exact) mass is 605 g/mol. The minimum atomic E-state index is 0.580. The van der Waals surface area contributed by atoms with E-state index in [0.29, 0.717) is 11.5 Å². The van der Waals surface area contributed by atoms with Crippen molar-refractivity contribution in [1.82, 2.24) is 4.98 Å². The fourth-order valence-corrected chi connectivity index (χ4v) is 6.12. The van der Waals surface area contributed by atoms with Gasteiger partial charge in [-0.25, -0.2) is 4.98 Å². The predicted molar refractivity (Wildman–Crippen MR) is 194 cm³/mol. The Hall–Kier alpha value is -6.39. The van der Waals surface area contributed by atoms with Crippen LogP contribution in [0, 0.1) is 0 Å². The number of oxazole rings is 1. The molecule has 1 heterocycles. The summed E-state index contributed by atoms with van der Waals surface area (Å²) in [6.07, 6.45) is 0. The maximum Gasteiger partial charge on any atom is 0.227 e. The molecular weight excluding hydrogens is 574 g/mol. The largest absolute Gasteiger partial charge is 0.436 e. The molecule has 4 nitrogen and oxygen atoms in total. The molecule has 0 aliphatic heterocycles. The Labute approximate surface area is 274 Å². The second-order valence-electron chi connectivity index (χ2n) is 11.3. The molecule has 0 spiro atoms. The van der Waals surface area contributed by atoms with Crippen LogP contribution < -0.4 is 9.80 Å². The van der Waals surface area contributed by atoms with Crippen LogP contribution in [0.3, 0.4) is 0 Å². The normalized spacial score (nSPS) is 11.0. The molecule has 0 bridgehead atoms. The van der Waals surface area contributed by atoms with Gasteiger partial charge in [0.1, 0.15) is 5.52 Å². The van der Waals surface area contributed by atoms with Gasteiger partial charge in [0.2, 0.25) is 5.89 Å². The molecule has 0 radical (unpaired) electrons. The van der Waals surface area contributed by atoms with Crippen molar-refractivity contribution in [3.8, 4) is 22.6 Å². The zero-order valence-corrected chi connectivity index (χ0v) is 25.6. The molecule has 7 aromatic carbocycles. The third-order valence-corrected chi connectivity index (χ3v) is 8.25. The van der Waals surface area contributed by atoms with Gasteiger partial charge < -0.3 is 14.2 Å². The van der Waals surface area contributed by atoms with Crippen molar-refractivity contribution >= 4 is 45.2 Å². The van der Waals surface area contributed by atoms with Crippen LogP contribution in [0.4, 0.5) is 34.1 Å². The number of fused-ring (bicyclic) bond motifs is 1. The first-order chi connectivity index (χ1) is 23.3. The molecule has 0 aliphatic carbocycles. The number of anilines is 6. The fourth-order valence-electron chi connectivity index (χ4n) is 6.12. The Balaban J connectivity index is 1.43. The van der Waals surface area contributed by atoms with E-state index in [9.17, 15) is 0 Å². The lowest BCUT2D eigenvalue weighted by molar-refractivity contribution is 0.620. The maximum atomic E-state index is 6.63. The Bertz CT molecular complexity index is 2190. The van der Waals surface area contributed by atoms with Gasteiger partial charge in [-0.2, -0.15) is 0 Å². The first-order valence-electron chi connectivity index (χ1n) is 15.7. The quantitative estimate of drug-likeness (QED) is 0.172. The van der Waals surface area contributed by atoms with Gasteiger partial charge in [0, 0.05) is 34.3 Å². The highest BCUT2D eigenvalue weighted by Crippen LogP contribution is 2.46. The van der Waals surface area contributed by atoms with Crippen molar-refractivity contribution in [3.05, 3.63) is 188 Å². The van der Waals surface area contributed by atoms with Gasteiger partial charge in [-0.05, 0) is 66.2 Å². The lowest BCUT2D eigenvalue weighted by Gasteiger charge is -2.30. The highest BCUT2D eigenvalue weighted by molar-refractivity contribution is 6.00. The van der Waals surface area contributed by atoms with E-state index in [2.05, 4.69) is 155 Å². The van der Waals surface area contributed by atoms with Crippen LogP contribution in [0.15, 0.2) is 192 Å². The summed E-state index contributed by atoms with van der Waals surface area (Å²) in [5.74, 6) is 0.580. The molecule has 8 rings (SSSR count). The molecule has 8 aromatic rings. The van der Waals surface area contributed by atoms with E-state index in [4.69, 9.17) is 9.40 Å². The van der Waals surface area contributed by atoms with Crippen molar-refractivity contribution in [1.29, 1.82) is 0 Å². The van der Waals surface area contributed by atoms with Crippen molar-refractivity contribution in [2.75, 3.05) is 9.80 Å². The lowest BCUT2D eigenvalue weighted by atomic mass is 10.0. The summed E-state index contributed by atoms with van der Waals surface area (Å²) in [7, 11) is 0. The van der Waals surface area contributed by atoms with Gasteiger partial charge in [0.15, 0.2) is 5.58 Å². The van der Waals surface area contributed by atoms with E-state index in [1.807, 2.05) is 42.5 Å². The molecular formula is C43H31N3O. The van der Waals surface area contributed by atoms with Crippen molar-refractivity contribution in [3.63, 3.8) is 0 Å². The van der Waals surface area contributed by atoms with Crippen LogP contribution in [-0.2, 0) is 0 Å². The minimum Gasteiger partial charge on any atom is -0.436 e. The smallest absolute Gasteiger partial charge is 0.227 e. The Kier molecular flexibility index (Phi) is 7.50. The second-order valence-corrected chi connectivity index (χ2v) is 11.3. The van der Waals surface area contributed by atoms with Crippen LogP contribution in [0.2, 0.25) is 0 Å². The van der Waals surface area contributed by atoms with Crippen LogP contribution in [0.5, 0.6) is 0 Å². The first kappa shape index (κ1) is 28.1. The van der Waals surface area contributed by atoms with E-state index >= 15 is 0 Å². The third kappa shape index (κ3) is 5.54. The van der Waals surface area contributed by atoms with Gasteiger partial charge in [-0.3, -0.25) is 0 Å². The summed E-state index contributed by atoms with van der Waals surface area (Å²) < 4.78 is 6.63. The number of hydrogen-bond donors (Lipinski definition) is 0. The first-order valence-corrected chi connectivity index (χ1v) is 15.7. The van der Waals surface area contributed by atoms with Gasteiger partial charge in [-0.15, -0.1) is 0 Å². The topological polar surface area (TPSA) is 32.5 Å². The number of benzene rings is 7. The highest BCUT2D eigenvalue weighted by atomic mass is 16.3. The summed E-state index contributed by atoms with van der Waals surface area (Å²) in [5.41, 5.74) is 10.7. The zero-order chi connectivity index (χ0) is 31.4. The number of para-hydroxylation sites is 4. The Morgan fingerprint density at radius 2 is 0.830 bits per heavy atom. The van der Waals surface area contributed by atoms with Crippen LogP contribution in [-0.4, -0.2) is 4.98 Å². The molecule has 0 saturated heterocycles. The van der Waals surface area contributed by atoms with E-state index in [0.717, 1.165) is 56.3 Å². The fraction of sp³-hybridized carbons (Fsp3) is 0. The lowest BCUT2D eigenvalue weighted by Crippen LogP contribution is -2.14. The molecule has 0 aliphatic rings. The summed E-state index contributed by atoms with van der Waals surface area (Å²) in [6, 6.07) is 64.9. The standard InChI is InChI=1S/C43H31N3O/c1-6-18-32(19-7-1)38-28-16-17-29-39(38)46(36-26-14-5-15-27-36)37-30-40(42-41(31-37)47-43(44-42)33-20-8-2-9-21-33)45(34-22-10-3-11-23-34)35-24-12-4-13-25-35/h1-31H. The molecule has 0 N–H and O–H groups in total. The zero-order valence-electron chi connectivity index (χ0n) is 25.6. The maximum absolute atomic E-state index is 6.63. The number of hydrogen-bond acceptors (Lipinski definition) is 4. The minimum absolute atomic E-state index is 0.580. The summed E-state index contributed by atoms with van der Waals surface area (Å²) in [6.45, 7) is 0.